The van der Waals surface area contributed by atoms with E-state index in [2.05, 4.69) is 32.0 Å². The smallest absolute Gasteiger partial charge is 0.255 e. The minimum atomic E-state index is 0.0303. The van der Waals surface area contributed by atoms with Crippen LogP contribution >= 0.6 is 0 Å². The number of nitrogens with zero attached hydrogens (tertiary/aromatic N) is 6. The number of carbonyl (C=O) groups excluding carboxylic acids is 1. The summed E-state index contributed by atoms with van der Waals surface area (Å²) in [7, 11) is 2.08. The molecule has 0 unspecified atom stereocenters. The molecule has 5 heterocycles. The van der Waals surface area contributed by atoms with Crippen LogP contribution in [0.4, 0.5) is 0 Å². The molecule has 0 aromatic carbocycles. The summed E-state index contributed by atoms with van der Waals surface area (Å²) in [4.78, 5) is 28.9. The van der Waals surface area contributed by atoms with Crippen molar-refractivity contribution in [3.05, 3.63) is 48.5 Å². The monoisotopic (exact) mass is 361 g/mol. The van der Waals surface area contributed by atoms with Crippen LogP contribution in [-0.2, 0) is 0 Å². The Morgan fingerprint density at radius 3 is 2.85 bits per heavy atom. The van der Waals surface area contributed by atoms with Gasteiger partial charge >= 0.3 is 0 Å². The van der Waals surface area contributed by atoms with Crippen molar-refractivity contribution in [3.8, 4) is 11.3 Å². The highest BCUT2D eigenvalue weighted by Crippen LogP contribution is 2.27. The van der Waals surface area contributed by atoms with E-state index in [0.29, 0.717) is 5.56 Å². The summed E-state index contributed by atoms with van der Waals surface area (Å²) in [5.41, 5.74) is 3.87. The molecule has 1 aliphatic rings. The lowest BCUT2D eigenvalue weighted by atomic mass is 10.1. The number of rotatable bonds is 2. The first-order valence-corrected chi connectivity index (χ1v) is 8.95. The number of piperazine rings is 1. The molecule has 0 aliphatic carbocycles. The standard InChI is InChI=1S/C19H19N7O/c1-24-6-8-25(9-7-24)19(27)13-10-14-15(12-22-18(14)21-11-13)16-2-3-17-20-4-5-26(17)23-16/h2-5,10-12H,6-9H2,1H3,(H,21,22). The highest BCUT2D eigenvalue weighted by molar-refractivity contribution is 6.00. The second-order valence-corrected chi connectivity index (χ2v) is 6.87. The lowest BCUT2D eigenvalue weighted by Crippen LogP contribution is -2.47. The summed E-state index contributed by atoms with van der Waals surface area (Å²) < 4.78 is 1.74. The number of amides is 1. The number of H-pyrrole nitrogens is 1. The molecule has 1 fully saturated rings. The normalized spacial score (nSPS) is 15.7. The molecular formula is C19H19N7O. The molecule has 4 aromatic heterocycles. The van der Waals surface area contributed by atoms with E-state index in [0.717, 1.165) is 54.1 Å². The average molecular weight is 361 g/mol. The molecule has 1 amide bonds. The zero-order valence-electron chi connectivity index (χ0n) is 15.0. The Morgan fingerprint density at radius 2 is 2.00 bits per heavy atom. The van der Waals surface area contributed by atoms with Gasteiger partial charge in [-0.1, -0.05) is 0 Å². The van der Waals surface area contributed by atoms with Gasteiger partial charge in [-0.3, -0.25) is 4.79 Å². The summed E-state index contributed by atoms with van der Waals surface area (Å²) in [6.45, 7) is 3.27. The molecule has 27 heavy (non-hydrogen) atoms. The number of hydrogen-bond donors (Lipinski definition) is 1. The van der Waals surface area contributed by atoms with Crippen LogP contribution in [-0.4, -0.2) is 73.5 Å². The number of pyridine rings is 1. The maximum absolute atomic E-state index is 12.9. The van der Waals surface area contributed by atoms with Gasteiger partial charge in [-0.15, -0.1) is 0 Å². The van der Waals surface area contributed by atoms with Crippen molar-refractivity contribution in [2.24, 2.45) is 0 Å². The Kier molecular flexibility index (Phi) is 3.64. The van der Waals surface area contributed by atoms with E-state index in [1.165, 1.54) is 0 Å². The lowest BCUT2D eigenvalue weighted by Gasteiger charge is -2.32. The maximum Gasteiger partial charge on any atom is 0.255 e. The molecular weight excluding hydrogens is 342 g/mol. The number of aromatic amines is 1. The maximum atomic E-state index is 12.9. The third kappa shape index (κ3) is 2.74. The molecule has 0 atom stereocenters. The molecule has 1 aliphatic heterocycles. The van der Waals surface area contributed by atoms with Crippen molar-refractivity contribution in [1.29, 1.82) is 0 Å². The van der Waals surface area contributed by atoms with Crippen molar-refractivity contribution >= 4 is 22.6 Å². The van der Waals surface area contributed by atoms with Crippen LogP contribution in [0.2, 0.25) is 0 Å². The van der Waals surface area contributed by atoms with Crippen LogP contribution in [0.1, 0.15) is 10.4 Å². The number of nitrogens with one attached hydrogen (secondary N) is 1. The summed E-state index contributed by atoms with van der Waals surface area (Å²) in [6.07, 6.45) is 7.06. The second kappa shape index (κ2) is 6.17. The predicted molar refractivity (Wildman–Crippen MR) is 101 cm³/mol. The van der Waals surface area contributed by atoms with Crippen molar-refractivity contribution in [2.75, 3.05) is 33.2 Å². The summed E-state index contributed by atoms with van der Waals surface area (Å²) in [5, 5.41) is 5.50. The van der Waals surface area contributed by atoms with E-state index < -0.39 is 0 Å². The van der Waals surface area contributed by atoms with Crippen molar-refractivity contribution in [2.45, 2.75) is 0 Å². The first-order chi connectivity index (χ1) is 13.2. The Bertz CT molecular complexity index is 1140. The first kappa shape index (κ1) is 16.0. The third-order valence-corrected chi connectivity index (χ3v) is 5.10. The minimum Gasteiger partial charge on any atom is -0.345 e. The number of hydrogen-bond acceptors (Lipinski definition) is 5. The number of carbonyl (C=O) groups is 1. The molecule has 4 aromatic rings. The Labute approximate surface area is 155 Å². The molecule has 8 nitrogen and oxygen atoms in total. The quantitative estimate of drug-likeness (QED) is 0.587. The molecule has 136 valence electrons. The number of imidazole rings is 1. The SMILES string of the molecule is CN1CCN(C(=O)c2cnc3[nH]cc(-c4ccc5nccn5n4)c3c2)CC1. The van der Waals surface area contributed by atoms with Gasteiger partial charge in [-0.2, -0.15) is 5.10 Å². The van der Waals surface area contributed by atoms with E-state index in [1.54, 1.807) is 16.9 Å². The largest absolute Gasteiger partial charge is 0.345 e. The molecule has 8 heteroatoms. The summed E-state index contributed by atoms with van der Waals surface area (Å²) >= 11 is 0. The van der Waals surface area contributed by atoms with E-state index in [-0.39, 0.29) is 5.91 Å². The molecule has 0 saturated carbocycles. The van der Waals surface area contributed by atoms with Crippen LogP contribution < -0.4 is 0 Å². The third-order valence-electron chi connectivity index (χ3n) is 5.10. The van der Waals surface area contributed by atoms with Gasteiger partial charge in [0.1, 0.15) is 5.65 Å². The van der Waals surface area contributed by atoms with Crippen LogP contribution in [0, 0.1) is 0 Å². The number of aromatic nitrogens is 5. The van der Waals surface area contributed by atoms with Gasteiger partial charge in [0.15, 0.2) is 5.65 Å². The van der Waals surface area contributed by atoms with Gasteiger partial charge < -0.3 is 14.8 Å². The van der Waals surface area contributed by atoms with Gasteiger partial charge in [0.05, 0.1) is 11.3 Å². The fraction of sp³-hybridized carbons (Fsp3) is 0.263. The molecule has 1 N–H and O–H groups in total. The van der Waals surface area contributed by atoms with Crippen LogP contribution in [0.5, 0.6) is 0 Å². The molecule has 1 saturated heterocycles. The van der Waals surface area contributed by atoms with Crippen molar-refractivity contribution in [3.63, 3.8) is 0 Å². The average Bonchev–Trinajstić information content (AvgIpc) is 3.33. The molecule has 0 bridgehead atoms. The van der Waals surface area contributed by atoms with Crippen LogP contribution in [0.25, 0.3) is 27.9 Å². The molecule has 5 rings (SSSR count). The Balaban J connectivity index is 1.53. The Hall–Kier alpha value is -3.26. The van der Waals surface area contributed by atoms with E-state index in [1.807, 2.05) is 35.5 Å². The zero-order valence-corrected chi connectivity index (χ0v) is 15.0. The fourth-order valence-electron chi connectivity index (χ4n) is 3.48. The van der Waals surface area contributed by atoms with Gasteiger partial charge in [0, 0.05) is 61.9 Å². The summed E-state index contributed by atoms with van der Waals surface area (Å²) in [5.74, 6) is 0.0303. The molecule has 0 spiro atoms. The highest BCUT2D eigenvalue weighted by Gasteiger charge is 2.21. The topological polar surface area (TPSA) is 82.4 Å². The Morgan fingerprint density at radius 1 is 1.15 bits per heavy atom. The van der Waals surface area contributed by atoms with E-state index in [4.69, 9.17) is 0 Å². The minimum absolute atomic E-state index is 0.0303. The number of likely N-dealkylation sites (N-methyl/N-ethyl adjacent to an activating group) is 1. The van der Waals surface area contributed by atoms with E-state index >= 15 is 0 Å². The van der Waals surface area contributed by atoms with Gasteiger partial charge in [0.2, 0.25) is 0 Å². The van der Waals surface area contributed by atoms with Gasteiger partial charge in [-0.05, 0) is 25.2 Å². The first-order valence-electron chi connectivity index (χ1n) is 8.95. The molecule has 0 radical (unpaired) electrons. The lowest BCUT2D eigenvalue weighted by molar-refractivity contribution is 0.0664. The highest BCUT2D eigenvalue weighted by atomic mass is 16.2. The zero-order chi connectivity index (χ0) is 18.4. The fourth-order valence-corrected chi connectivity index (χ4v) is 3.48. The van der Waals surface area contributed by atoms with Crippen LogP contribution in [0.3, 0.4) is 0 Å². The number of fused-ring (bicyclic) bond motifs is 2. The second-order valence-electron chi connectivity index (χ2n) is 6.87. The predicted octanol–water partition coefficient (Wildman–Crippen LogP) is 1.66. The van der Waals surface area contributed by atoms with Gasteiger partial charge in [-0.25, -0.2) is 14.5 Å². The van der Waals surface area contributed by atoms with E-state index in [9.17, 15) is 4.79 Å². The van der Waals surface area contributed by atoms with Crippen LogP contribution in [0.15, 0.2) is 43.0 Å². The van der Waals surface area contributed by atoms with Crippen molar-refractivity contribution < 1.29 is 4.79 Å². The van der Waals surface area contributed by atoms with Crippen molar-refractivity contribution in [1.82, 2.24) is 34.4 Å². The van der Waals surface area contributed by atoms with Gasteiger partial charge in [0.25, 0.3) is 5.91 Å². The summed E-state index contributed by atoms with van der Waals surface area (Å²) in [6, 6.07) is 5.77.